The highest BCUT2D eigenvalue weighted by atomic mass is 16.2. The zero-order valence-electron chi connectivity index (χ0n) is 20.5. The van der Waals surface area contributed by atoms with Crippen LogP contribution in [0.25, 0.3) is 22.3 Å². The number of rotatable bonds is 6. The van der Waals surface area contributed by atoms with Crippen LogP contribution in [0.4, 0.5) is 0 Å². The Morgan fingerprint density at radius 1 is 1.12 bits per heavy atom. The van der Waals surface area contributed by atoms with E-state index in [4.69, 9.17) is 4.98 Å². The highest BCUT2D eigenvalue weighted by Crippen LogP contribution is 2.29. The maximum atomic E-state index is 13.8. The maximum absolute atomic E-state index is 13.8. The van der Waals surface area contributed by atoms with Crippen LogP contribution in [0, 0.1) is 6.92 Å². The summed E-state index contributed by atoms with van der Waals surface area (Å²) >= 11 is 0. The number of benzene rings is 1. The second-order valence-corrected chi connectivity index (χ2v) is 9.17. The molecule has 0 unspecified atom stereocenters. The third-order valence-electron chi connectivity index (χ3n) is 6.32. The van der Waals surface area contributed by atoms with Gasteiger partial charge in [-0.05, 0) is 45.7 Å². The Morgan fingerprint density at radius 3 is 2.65 bits per heavy atom. The largest absolute Gasteiger partial charge is 0.355 e. The van der Waals surface area contributed by atoms with Crippen LogP contribution in [0.15, 0.2) is 36.5 Å². The van der Waals surface area contributed by atoms with Gasteiger partial charge in [0.1, 0.15) is 0 Å². The van der Waals surface area contributed by atoms with Crippen molar-refractivity contribution in [1.82, 2.24) is 29.9 Å². The molecule has 34 heavy (non-hydrogen) atoms. The molecule has 1 N–H and O–H groups in total. The Morgan fingerprint density at radius 2 is 1.91 bits per heavy atom. The molecule has 8 heteroatoms. The molecule has 3 heterocycles. The Hall–Kier alpha value is -3.26. The van der Waals surface area contributed by atoms with E-state index in [2.05, 4.69) is 42.2 Å². The van der Waals surface area contributed by atoms with Crippen molar-refractivity contribution in [2.75, 3.05) is 39.3 Å². The van der Waals surface area contributed by atoms with Crippen molar-refractivity contribution in [2.24, 2.45) is 0 Å². The molecule has 0 aliphatic carbocycles. The van der Waals surface area contributed by atoms with Crippen molar-refractivity contribution >= 4 is 22.8 Å². The van der Waals surface area contributed by atoms with Gasteiger partial charge in [0.25, 0.3) is 5.91 Å². The lowest BCUT2D eigenvalue weighted by Crippen LogP contribution is -2.40. The monoisotopic (exact) mass is 462 g/mol. The van der Waals surface area contributed by atoms with Gasteiger partial charge in [0, 0.05) is 44.3 Å². The molecule has 0 radical (unpaired) electrons. The van der Waals surface area contributed by atoms with Crippen molar-refractivity contribution in [1.29, 1.82) is 0 Å². The predicted octanol–water partition coefficient (Wildman–Crippen LogP) is 3.27. The standard InChI is InChI=1S/C26H34N6O2/c1-5-27-24(33)17-30-11-8-12-31(14-13-30)26(34)21-15-23(20-10-7-6-9-19(20)4)29-25-22(21)16-28-32(25)18(2)3/h6-7,9-10,15-16,18H,5,8,11-14,17H2,1-4H3,(H,27,33). The molecule has 0 spiro atoms. The van der Waals surface area contributed by atoms with E-state index in [1.165, 1.54) is 0 Å². The highest BCUT2D eigenvalue weighted by Gasteiger charge is 2.25. The minimum absolute atomic E-state index is 0.00889. The number of amides is 2. The summed E-state index contributed by atoms with van der Waals surface area (Å²) in [5.74, 6) is 0.0208. The Kier molecular flexibility index (Phi) is 7.26. The first-order chi connectivity index (χ1) is 16.4. The summed E-state index contributed by atoms with van der Waals surface area (Å²) in [6, 6.07) is 10.1. The predicted molar refractivity (Wildman–Crippen MR) is 134 cm³/mol. The smallest absolute Gasteiger partial charge is 0.254 e. The summed E-state index contributed by atoms with van der Waals surface area (Å²) in [4.78, 5) is 34.8. The van der Waals surface area contributed by atoms with E-state index in [-0.39, 0.29) is 17.9 Å². The number of nitrogens with one attached hydrogen (secondary N) is 1. The van der Waals surface area contributed by atoms with Gasteiger partial charge in [0.2, 0.25) is 5.91 Å². The van der Waals surface area contributed by atoms with Crippen LogP contribution in [0.2, 0.25) is 0 Å². The molecule has 8 nitrogen and oxygen atoms in total. The van der Waals surface area contributed by atoms with Gasteiger partial charge in [-0.25, -0.2) is 9.67 Å². The quantitative estimate of drug-likeness (QED) is 0.608. The number of hydrogen-bond donors (Lipinski definition) is 1. The molecule has 180 valence electrons. The van der Waals surface area contributed by atoms with Crippen molar-refractivity contribution in [3.05, 3.63) is 47.7 Å². The van der Waals surface area contributed by atoms with Crippen LogP contribution in [-0.2, 0) is 4.79 Å². The van der Waals surface area contributed by atoms with Crippen LogP contribution in [0.5, 0.6) is 0 Å². The van der Waals surface area contributed by atoms with Gasteiger partial charge in [-0.15, -0.1) is 0 Å². The molecule has 2 amide bonds. The summed E-state index contributed by atoms with van der Waals surface area (Å²) in [5.41, 5.74) is 4.27. The fraction of sp³-hybridized carbons (Fsp3) is 0.462. The minimum Gasteiger partial charge on any atom is -0.355 e. The van der Waals surface area contributed by atoms with Crippen molar-refractivity contribution < 1.29 is 9.59 Å². The van der Waals surface area contributed by atoms with Crippen LogP contribution in [0.3, 0.4) is 0 Å². The number of likely N-dealkylation sites (N-methyl/N-ethyl adjacent to an activating group) is 1. The van der Waals surface area contributed by atoms with E-state index < -0.39 is 0 Å². The molecular formula is C26H34N6O2. The van der Waals surface area contributed by atoms with E-state index in [1.54, 1.807) is 6.20 Å². The summed E-state index contributed by atoms with van der Waals surface area (Å²) in [5, 5.41) is 8.18. The first-order valence-electron chi connectivity index (χ1n) is 12.1. The molecule has 1 saturated heterocycles. The molecule has 2 aromatic heterocycles. The number of fused-ring (bicyclic) bond motifs is 1. The molecule has 4 rings (SSSR count). The van der Waals surface area contributed by atoms with E-state index in [0.29, 0.717) is 38.3 Å². The van der Waals surface area contributed by atoms with E-state index in [1.807, 2.05) is 40.8 Å². The molecule has 3 aromatic rings. The average molecular weight is 463 g/mol. The zero-order chi connectivity index (χ0) is 24.2. The minimum atomic E-state index is -0.00889. The first-order valence-corrected chi connectivity index (χ1v) is 12.1. The number of nitrogens with zero attached hydrogens (tertiary/aromatic N) is 5. The lowest BCUT2D eigenvalue weighted by Gasteiger charge is -2.22. The van der Waals surface area contributed by atoms with Crippen LogP contribution in [-0.4, -0.2) is 75.6 Å². The molecule has 0 bridgehead atoms. The van der Waals surface area contributed by atoms with Gasteiger partial charge >= 0.3 is 0 Å². The maximum Gasteiger partial charge on any atom is 0.254 e. The molecule has 1 aliphatic rings. The number of hydrogen-bond acceptors (Lipinski definition) is 5. The van der Waals surface area contributed by atoms with Crippen molar-refractivity contribution in [2.45, 2.75) is 40.2 Å². The number of carbonyl (C=O) groups is 2. The number of aryl methyl sites for hydroxylation is 1. The van der Waals surface area contributed by atoms with E-state index in [0.717, 1.165) is 40.8 Å². The normalized spacial score (nSPS) is 15.0. The number of aromatic nitrogens is 3. The molecule has 1 fully saturated rings. The average Bonchev–Trinajstić information content (AvgIpc) is 3.11. The Labute approximate surface area is 200 Å². The summed E-state index contributed by atoms with van der Waals surface area (Å²) in [7, 11) is 0. The van der Waals surface area contributed by atoms with E-state index >= 15 is 0 Å². The fourth-order valence-corrected chi connectivity index (χ4v) is 4.53. The molecule has 0 atom stereocenters. The van der Waals surface area contributed by atoms with Crippen molar-refractivity contribution in [3.63, 3.8) is 0 Å². The van der Waals surface area contributed by atoms with Gasteiger partial charge in [0.15, 0.2) is 5.65 Å². The lowest BCUT2D eigenvalue weighted by atomic mass is 10.0. The van der Waals surface area contributed by atoms with Crippen molar-refractivity contribution in [3.8, 4) is 11.3 Å². The second-order valence-electron chi connectivity index (χ2n) is 9.17. The summed E-state index contributed by atoms with van der Waals surface area (Å²) in [6.45, 7) is 11.8. The highest BCUT2D eigenvalue weighted by molar-refractivity contribution is 6.06. The molecule has 0 saturated carbocycles. The number of carbonyl (C=O) groups excluding carboxylic acids is 2. The first kappa shape index (κ1) is 23.9. The Balaban J connectivity index is 1.67. The van der Waals surface area contributed by atoms with Crippen LogP contribution < -0.4 is 5.32 Å². The fourth-order valence-electron chi connectivity index (χ4n) is 4.53. The summed E-state index contributed by atoms with van der Waals surface area (Å²) in [6.07, 6.45) is 2.59. The third-order valence-corrected chi connectivity index (χ3v) is 6.32. The Bertz CT molecular complexity index is 1190. The molecule has 1 aromatic carbocycles. The van der Waals surface area contributed by atoms with Gasteiger partial charge in [0.05, 0.1) is 29.4 Å². The zero-order valence-corrected chi connectivity index (χ0v) is 20.5. The molecular weight excluding hydrogens is 428 g/mol. The lowest BCUT2D eigenvalue weighted by molar-refractivity contribution is -0.122. The second kappa shape index (κ2) is 10.3. The topological polar surface area (TPSA) is 83.4 Å². The third kappa shape index (κ3) is 4.97. The van der Waals surface area contributed by atoms with Gasteiger partial charge in [-0.2, -0.15) is 5.10 Å². The van der Waals surface area contributed by atoms with Crippen LogP contribution >= 0.6 is 0 Å². The van der Waals surface area contributed by atoms with E-state index in [9.17, 15) is 9.59 Å². The SMILES string of the molecule is CCNC(=O)CN1CCCN(C(=O)c2cc(-c3ccccc3C)nc3c2cnn3C(C)C)CC1. The summed E-state index contributed by atoms with van der Waals surface area (Å²) < 4.78 is 1.88. The molecule has 1 aliphatic heterocycles. The van der Waals surface area contributed by atoms with Crippen LogP contribution in [0.1, 0.15) is 49.2 Å². The van der Waals surface area contributed by atoms with Gasteiger partial charge in [-0.1, -0.05) is 24.3 Å². The van der Waals surface area contributed by atoms with Gasteiger partial charge in [-0.3, -0.25) is 14.5 Å². The number of pyridine rings is 1. The van der Waals surface area contributed by atoms with Gasteiger partial charge < -0.3 is 10.2 Å².